The van der Waals surface area contributed by atoms with E-state index in [9.17, 15) is 14.9 Å². The molecule has 1 atom stereocenters. The van der Waals surface area contributed by atoms with Crippen LogP contribution in [0.4, 0.5) is 16.4 Å². The molecule has 0 aromatic carbocycles. The van der Waals surface area contributed by atoms with Crippen LogP contribution in [0.3, 0.4) is 0 Å². The molecule has 0 saturated carbocycles. The van der Waals surface area contributed by atoms with Gasteiger partial charge in [0.15, 0.2) is 0 Å². The van der Waals surface area contributed by atoms with Gasteiger partial charge in [-0.15, -0.1) is 0 Å². The van der Waals surface area contributed by atoms with Gasteiger partial charge in [-0.25, -0.2) is 4.79 Å². The van der Waals surface area contributed by atoms with Crippen LogP contribution in [0.5, 0.6) is 0 Å². The molecule has 10 heteroatoms. The number of hydrogen-bond acceptors (Lipinski definition) is 7. The van der Waals surface area contributed by atoms with Crippen molar-refractivity contribution >= 4 is 23.4 Å². The molecular formula is C18H26N6O4. The minimum Gasteiger partial charge on any atom is -0.444 e. The first-order valence-corrected chi connectivity index (χ1v) is 9.19. The monoisotopic (exact) mass is 390 g/mol. The summed E-state index contributed by atoms with van der Waals surface area (Å²) in [5.41, 5.74) is -0.0740. The lowest BCUT2D eigenvalue weighted by atomic mass is 10.1. The molecule has 10 nitrogen and oxygen atoms in total. The zero-order chi connectivity index (χ0) is 20.5. The SMILES string of the molecule is CN1CCN(c2nc3ccccn3c2[N+](=O)[O-])[C@H](CNC(=O)OC(C)(C)C)C1. The fourth-order valence-electron chi connectivity index (χ4n) is 3.31. The third-order valence-corrected chi connectivity index (χ3v) is 4.50. The Balaban J connectivity index is 1.86. The van der Waals surface area contributed by atoms with Crippen LogP contribution in [0.1, 0.15) is 20.8 Å². The van der Waals surface area contributed by atoms with Gasteiger partial charge in [-0.2, -0.15) is 9.38 Å². The number of amides is 1. The normalized spacial score (nSPS) is 18.3. The van der Waals surface area contributed by atoms with E-state index in [-0.39, 0.29) is 11.9 Å². The summed E-state index contributed by atoms with van der Waals surface area (Å²) in [4.78, 5) is 31.9. The zero-order valence-corrected chi connectivity index (χ0v) is 16.6. The van der Waals surface area contributed by atoms with Gasteiger partial charge in [-0.05, 0) is 38.8 Å². The van der Waals surface area contributed by atoms with Gasteiger partial charge in [0.1, 0.15) is 5.60 Å². The van der Waals surface area contributed by atoms with Crippen molar-refractivity contribution in [3.63, 3.8) is 0 Å². The number of carbonyl (C=O) groups is 1. The molecular weight excluding hydrogens is 364 g/mol. The Morgan fingerprint density at radius 3 is 2.82 bits per heavy atom. The number of alkyl carbamates (subject to hydrolysis) is 1. The Morgan fingerprint density at radius 1 is 1.39 bits per heavy atom. The molecule has 0 unspecified atom stereocenters. The molecule has 1 N–H and O–H groups in total. The van der Waals surface area contributed by atoms with Gasteiger partial charge in [0, 0.05) is 32.2 Å². The molecule has 3 heterocycles. The van der Waals surface area contributed by atoms with Crippen molar-refractivity contribution in [2.75, 3.05) is 38.1 Å². The zero-order valence-electron chi connectivity index (χ0n) is 16.6. The molecule has 1 fully saturated rings. The lowest BCUT2D eigenvalue weighted by Crippen LogP contribution is -2.56. The lowest BCUT2D eigenvalue weighted by Gasteiger charge is -2.40. The van der Waals surface area contributed by atoms with Crippen LogP contribution < -0.4 is 10.2 Å². The van der Waals surface area contributed by atoms with E-state index < -0.39 is 16.6 Å². The van der Waals surface area contributed by atoms with Crippen molar-refractivity contribution < 1.29 is 14.5 Å². The second-order valence-electron chi connectivity index (χ2n) is 7.94. The van der Waals surface area contributed by atoms with Gasteiger partial charge in [-0.1, -0.05) is 6.07 Å². The van der Waals surface area contributed by atoms with E-state index in [2.05, 4.69) is 15.2 Å². The van der Waals surface area contributed by atoms with Crippen LogP contribution in [-0.4, -0.2) is 70.2 Å². The fraction of sp³-hybridized carbons (Fsp3) is 0.556. The molecule has 2 aromatic heterocycles. The van der Waals surface area contributed by atoms with E-state index in [0.717, 1.165) is 6.54 Å². The number of piperazine rings is 1. The number of imidazole rings is 1. The molecule has 1 saturated heterocycles. The third-order valence-electron chi connectivity index (χ3n) is 4.50. The van der Waals surface area contributed by atoms with Gasteiger partial charge >= 0.3 is 11.9 Å². The maximum absolute atomic E-state index is 12.0. The van der Waals surface area contributed by atoms with Crippen LogP contribution in [-0.2, 0) is 4.74 Å². The Hall–Kier alpha value is -2.88. The molecule has 3 rings (SSSR count). The quantitative estimate of drug-likeness (QED) is 0.628. The molecule has 0 bridgehead atoms. The van der Waals surface area contributed by atoms with Crippen molar-refractivity contribution in [1.29, 1.82) is 0 Å². The number of rotatable bonds is 4. The van der Waals surface area contributed by atoms with Crippen molar-refractivity contribution in [3.8, 4) is 0 Å². The highest BCUT2D eigenvalue weighted by atomic mass is 16.6. The Kier molecular flexibility index (Phi) is 5.41. The molecule has 28 heavy (non-hydrogen) atoms. The number of nitrogens with zero attached hydrogens (tertiary/aromatic N) is 5. The summed E-state index contributed by atoms with van der Waals surface area (Å²) in [6.07, 6.45) is 1.12. The Morgan fingerprint density at radius 2 is 2.14 bits per heavy atom. The summed E-state index contributed by atoms with van der Waals surface area (Å²) in [5.74, 6) is 0.253. The Labute approximate surface area is 163 Å². The van der Waals surface area contributed by atoms with Crippen molar-refractivity contribution in [1.82, 2.24) is 19.6 Å². The lowest BCUT2D eigenvalue weighted by molar-refractivity contribution is -0.389. The van der Waals surface area contributed by atoms with E-state index >= 15 is 0 Å². The average molecular weight is 390 g/mol. The molecule has 2 aromatic rings. The summed E-state index contributed by atoms with van der Waals surface area (Å²) >= 11 is 0. The highest BCUT2D eigenvalue weighted by Crippen LogP contribution is 2.31. The van der Waals surface area contributed by atoms with Crippen LogP contribution >= 0.6 is 0 Å². The van der Waals surface area contributed by atoms with E-state index in [1.165, 1.54) is 4.40 Å². The highest BCUT2D eigenvalue weighted by molar-refractivity contribution is 5.68. The van der Waals surface area contributed by atoms with Crippen LogP contribution in [0.2, 0.25) is 0 Å². The average Bonchev–Trinajstić information content (AvgIpc) is 2.98. The van der Waals surface area contributed by atoms with Crippen molar-refractivity contribution in [2.24, 2.45) is 0 Å². The minimum absolute atomic E-state index is 0.0672. The molecule has 1 amide bonds. The smallest absolute Gasteiger partial charge is 0.407 e. The largest absolute Gasteiger partial charge is 0.444 e. The second kappa shape index (κ2) is 7.63. The summed E-state index contributed by atoms with van der Waals surface area (Å²) in [6.45, 7) is 7.65. The number of aromatic nitrogens is 2. The topological polar surface area (TPSA) is 105 Å². The maximum Gasteiger partial charge on any atom is 0.407 e. The number of carbonyl (C=O) groups excluding carboxylic acids is 1. The van der Waals surface area contributed by atoms with Gasteiger partial charge in [-0.3, -0.25) is 0 Å². The molecule has 0 radical (unpaired) electrons. The fourth-order valence-corrected chi connectivity index (χ4v) is 3.31. The number of ether oxygens (including phenoxy) is 1. The molecule has 0 aliphatic carbocycles. The van der Waals surface area contributed by atoms with Gasteiger partial charge in [0.2, 0.25) is 11.5 Å². The number of fused-ring (bicyclic) bond motifs is 1. The number of hydrogen-bond donors (Lipinski definition) is 1. The Bertz CT molecular complexity index is 875. The van der Waals surface area contributed by atoms with E-state index in [1.54, 1.807) is 45.2 Å². The first-order chi connectivity index (χ1) is 13.2. The first-order valence-electron chi connectivity index (χ1n) is 9.19. The predicted octanol–water partition coefficient (Wildman–Crippen LogP) is 1.89. The van der Waals surface area contributed by atoms with Crippen molar-refractivity contribution in [3.05, 3.63) is 34.5 Å². The first kappa shape index (κ1) is 19.9. The number of nitrogens with one attached hydrogen (secondary N) is 1. The summed E-state index contributed by atoms with van der Waals surface area (Å²) in [5, 5.41) is 14.5. The van der Waals surface area contributed by atoms with Crippen molar-refractivity contribution in [2.45, 2.75) is 32.4 Å². The van der Waals surface area contributed by atoms with E-state index in [1.807, 2.05) is 11.9 Å². The van der Waals surface area contributed by atoms with Crippen LogP contribution in [0.15, 0.2) is 24.4 Å². The van der Waals surface area contributed by atoms with E-state index in [4.69, 9.17) is 4.74 Å². The number of nitro groups is 1. The van der Waals surface area contributed by atoms with Crippen LogP contribution in [0.25, 0.3) is 5.65 Å². The molecule has 1 aliphatic heterocycles. The standard InChI is InChI=1S/C18H26N6O4/c1-18(2,3)28-17(25)19-11-13-12-21(4)9-10-22(13)15-16(24(26)27)23-8-6-5-7-14(23)20-15/h5-8,13H,9-12H2,1-4H3,(H,19,25)/t13-/m1/s1. The van der Waals surface area contributed by atoms with Crippen LogP contribution in [0, 0.1) is 10.1 Å². The minimum atomic E-state index is -0.590. The number of anilines is 1. The van der Waals surface area contributed by atoms with Gasteiger partial charge < -0.3 is 30.0 Å². The van der Waals surface area contributed by atoms with Gasteiger partial charge in [0.05, 0.1) is 12.2 Å². The summed E-state index contributed by atoms with van der Waals surface area (Å²) in [6, 6.07) is 5.09. The predicted molar refractivity (Wildman–Crippen MR) is 105 cm³/mol. The summed E-state index contributed by atoms with van der Waals surface area (Å²) in [7, 11) is 1.98. The number of likely N-dealkylation sites (N-methyl/N-ethyl adjacent to an activating group) is 1. The number of pyridine rings is 1. The maximum atomic E-state index is 12.0. The summed E-state index contributed by atoms with van der Waals surface area (Å²) < 4.78 is 6.77. The molecule has 152 valence electrons. The highest BCUT2D eigenvalue weighted by Gasteiger charge is 2.34. The molecule has 0 spiro atoms. The third kappa shape index (κ3) is 4.33. The second-order valence-corrected chi connectivity index (χ2v) is 7.94. The molecule has 1 aliphatic rings. The van der Waals surface area contributed by atoms with Gasteiger partial charge in [0.25, 0.3) is 0 Å². The van der Waals surface area contributed by atoms with E-state index in [0.29, 0.717) is 31.1 Å².